The smallest absolute Gasteiger partial charge is 0.410 e. The summed E-state index contributed by atoms with van der Waals surface area (Å²) >= 11 is 16.4. The molecule has 2 aromatic rings. The maximum absolute atomic E-state index is 12.9. The monoisotopic (exact) mass is 670 g/mol. The number of hydrogen-bond donors (Lipinski definition) is 1. The number of carbonyl (C=O) groups excluding carboxylic acids is 1. The third-order valence-corrected chi connectivity index (χ3v) is 9.29. The average molecular weight is 672 g/mol. The van der Waals surface area contributed by atoms with Crippen LogP contribution in [0.4, 0.5) is 16.2 Å². The fraction of sp³-hybridized carbons (Fsp3) is 0.593. The molecule has 41 heavy (non-hydrogen) atoms. The normalized spacial score (nSPS) is 21.5. The summed E-state index contributed by atoms with van der Waals surface area (Å²) in [6.45, 7) is 6.82. The van der Waals surface area contributed by atoms with E-state index in [-0.39, 0.29) is 52.4 Å². The molecule has 0 spiro atoms. The number of benzene rings is 1. The predicted molar refractivity (Wildman–Crippen MR) is 161 cm³/mol. The molecule has 3 heterocycles. The lowest BCUT2D eigenvalue weighted by molar-refractivity contribution is -0.385. The van der Waals surface area contributed by atoms with E-state index in [1.165, 1.54) is 0 Å². The van der Waals surface area contributed by atoms with Gasteiger partial charge in [0.05, 0.1) is 37.4 Å². The van der Waals surface area contributed by atoms with Crippen molar-refractivity contribution in [2.45, 2.75) is 76.6 Å². The van der Waals surface area contributed by atoms with Crippen LogP contribution in [0.5, 0.6) is 5.88 Å². The van der Waals surface area contributed by atoms with E-state index >= 15 is 0 Å². The fourth-order valence-corrected chi connectivity index (χ4v) is 6.10. The molecule has 0 saturated carbocycles. The van der Waals surface area contributed by atoms with Crippen molar-refractivity contribution in [2.24, 2.45) is 0 Å². The Morgan fingerprint density at radius 1 is 1.32 bits per heavy atom. The van der Waals surface area contributed by atoms with Gasteiger partial charge in [0.2, 0.25) is 0 Å². The van der Waals surface area contributed by atoms with Crippen molar-refractivity contribution >= 4 is 67.5 Å². The standard InChI is InChI=1S/C27H33BrCl2N6O5/c1-27(2,3)41-26(37)35-11-8-15(12-16(35)7-9-31)32-23-18-13-19(29)20(28)21(30)22(18)33-25(24(23)36(38)39)40-14-17-6-5-10-34(17)4/h13,15-17H,5-8,10-12,14H2,1-4H3,(H,32,33)/t15-,16+,17-/m0/s1. The Hall–Kier alpha value is -2.59. The molecule has 4 rings (SSSR count). The van der Waals surface area contributed by atoms with Crippen molar-refractivity contribution < 1.29 is 19.2 Å². The van der Waals surface area contributed by atoms with Gasteiger partial charge in [0.15, 0.2) is 0 Å². The summed E-state index contributed by atoms with van der Waals surface area (Å²) in [4.78, 5) is 33.1. The van der Waals surface area contributed by atoms with Gasteiger partial charge in [0.25, 0.3) is 5.88 Å². The number of nitrogens with one attached hydrogen (secondary N) is 1. The average Bonchev–Trinajstić information content (AvgIpc) is 3.30. The van der Waals surface area contributed by atoms with Gasteiger partial charge in [-0.15, -0.1) is 0 Å². The number of nitriles is 1. The Morgan fingerprint density at radius 2 is 2.05 bits per heavy atom. The van der Waals surface area contributed by atoms with Crippen molar-refractivity contribution in [3.8, 4) is 11.9 Å². The van der Waals surface area contributed by atoms with Crippen LogP contribution in [-0.2, 0) is 4.74 Å². The molecule has 1 N–H and O–H groups in total. The molecule has 222 valence electrons. The molecule has 2 saturated heterocycles. The van der Waals surface area contributed by atoms with Gasteiger partial charge in [-0.3, -0.25) is 10.1 Å². The van der Waals surface area contributed by atoms with Crippen molar-refractivity contribution in [3.05, 3.63) is 30.7 Å². The Morgan fingerprint density at radius 3 is 2.66 bits per heavy atom. The summed E-state index contributed by atoms with van der Waals surface area (Å²) in [5.41, 5.74) is -0.529. The number of pyridine rings is 1. The van der Waals surface area contributed by atoms with E-state index < -0.39 is 22.7 Å². The van der Waals surface area contributed by atoms with Crippen LogP contribution in [0.25, 0.3) is 10.9 Å². The summed E-state index contributed by atoms with van der Waals surface area (Å²) in [6.07, 6.45) is 2.37. The van der Waals surface area contributed by atoms with Gasteiger partial charge < -0.3 is 24.6 Å². The van der Waals surface area contributed by atoms with Gasteiger partial charge in [0, 0.05) is 30.1 Å². The zero-order chi connectivity index (χ0) is 30.1. The molecule has 0 aliphatic carbocycles. The maximum atomic E-state index is 12.9. The van der Waals surface area contributed by atoms with E-state index in [9.17, 15) is 20.2 Å². The lowest BCUT2D eigenvalue weighted by atomic mass is 9.95. The van der Waals surface area contributed by atoms with E-state index in [1.807, 2.05) is 7.05 Å². The van der Waals surface area contributed by atoms with Crippen LogP contribution in [-0.4, -0.2) is 76.3 Å². The SMILES string of the molecule is CN1CCC[C@H]1COc1nc2c(Cl)c(Br)c(Cl)cc2c(N[C@H]2CCN(C(=O)OC(C)(C)C)[C@H](CC#N)C2)c1[N+](=O)[O-]. The molecular weight excluding hydrogens is 639 g/mol. The molecule has 2 aliphatic rings. The molecule has 1 amide bonds. The van der Waals surface area contributed by atoms with Crippen LogP contribution in [0, 0.1) is 21.4 Å². The Balaban J connectivity index is 1.72. The Bertz CT molecular complexity index is 1380. The van der Waals surface area contributed by atoms with Gasteiger partial charge in [-0.2, -0.15) is 5.26 Å². The lowest BCUT2D eigenvalue weighted by Crippen LogP contribution is -2.50. The third kappa shape index (κ3) is 7.08. The van der Waals surface area contributed by atoms with Gasteiger partial charge >= 0.3 is 11.8 Å². The molecule has 11 nitrogen and oxygen atoms in total. The summed E-state index contributed by atoms with van der Waals surface area (Å²) in [5.74, 6) is -0.138. The molecule has 1 aromatic carbocycles. The second-order valence-corrected chi connectivity index (χ2v) is 13.0. The highest BCUT2D eigenvalue weighted by Gasteiger charge is 2.37. The minimum absolute atomic E-state index is 0.0878. The van der Waals surface area contributed by atoms with Gasteiger partial charge in [-0.1, -0.05) is 23.2 Å². The number of aromatic nitrogens is 1. The zero-order valence-electron chi connectivity index (χ0n) is 23.4. The molecule has 14 heteroatoms. The van der Waals surface area contributed by atoms with Crippen molar-refractivity contribution in [1.82, 2.24) is 14.8 Å². The molecule has 3 atom stereocenters. The van der Waals surface area contributed by atoms with E-state index in [1.54, 1.807) is 31.7 Å². The topological polar surface area (TPSA) is 134 Å². The maximum Gasteiger partial charge on any atom is 0.410 e. The van der Waals surface area contributed by atoms with E-state index in [0.29, 0.717) is 34.8 Å². The number of rotatable bonds is 7. The molecular formula is C27H33BrCl2N6O5. The Kier molecular flexibility index (Phi) is 9.74. The van der Waals surface area contributed by atoms with E-state index in [4.69, 9.17) is 32.7 Å². The number of fused-ring (bicyclic) bond motifs is 1. The van der Waals surface area contributed by atoms with Crippen LogP contribution < -0.4 is 10.1 Å². The first kappa shape index (κ1) is 31.3. The first-order chi connectivity index (χ1) is 19.3. The van der Waals surface area contributed by atoms with Crippen molar-refractivity contribution in [2.75, 3.05) is 32.1 Å². The molecule has 2 fully saturated rings. The van der Waals surface area contributed by atoms with Gasteiger partial charge in [-0.05, 0) is 82.0 Å². The number of hydrogen-bond acceptors (Lipinski definition) is 9. The highest BCUT2D eigenvalue weighted by atomic mass is 79.9. The first-order valence-corrected chi connectivity index (χ1v) is 15.0. The molecule has 0 radical (unpaired) electrons. The fourth-order valence-electron chi connectivity index (χ4n) is 5.30. The second kappa shape index (κ2) is 12.7. The molecule has 1 aromatic heterocycles. The number of nitro groups is 1. The van der Waals surface area contributed by atoms with Crippen LogP contribution >= 0.6 is 39.1 Å². The highest BCUT2D eigenvalue weighted by Crippen LogP contribution is 2.46. The first-order valence-electron chi connectivity index (χ1n) is 13.4. The van der Waals surface area contributed by atoms with Crippen LogP contribution in [0.2, 0.25) is 10.0 Å². The number of anilines is 1. The van der Waals surface area contributed by atoms with E-state index in [0.717, 1.165) is 19.4 Å². The van der Waals surface area contributed by atoms with Crippen LogP contribution in [0.1, 0.15) is 52.9 Å². The molecule has 2 aliphatic heterocycles. The van der Waals surface area contributed by atoms with Crippen molar-refractivity contribution in [1.29, 1.82) is 5.26 Å². The minimum atomic E-state index is -0.684. The Labute approximate surface area is 257 Å². The number of ether oxygens (including phenoxy) is 2. The second-order valence-electron chi connectivity index (χ2n) is 11.4. The summed E-state index contributed by atoms with van der Waals surface area (Å²) in [5, 5.41) is 26.2. The van der Waals surface area contributed by atoms with Gasteiger partial charge in [0.1, 0.15) is 17.9 Å². The molecule has 0 unspecified atom stereocenters. The number of halogens is 3. The molecule has 0 bridgehead atoms. The quantitative estimate of drug-likeness (QED) is 0.192. The number of likely N-dealkylation sites (N-methyl/N-ethyl adjacent to an activating group) is 1. The number of likely N-dealkylation sites (tertiary alicyclic amines) is 2. The minimum Gasteiger partial charge on any atom is -0.471 e. The number of amides is 1. The number of piperidine rings is 1. The largest absolute Gasteiger partial charge is 0.471 e. The predicted octanol–water partition coefficient (Wildman–Crippen LogP) is 6.78. The van der Waals surface area contributed by atoms with E-state index in [2.05, 4.69) is 37.2 Å². The summed E-state index contributed by atoms with van der Waals surface area (Å²) in [7, 11) is 1.99. The third-order valence-electron chi connectivity index (χ3n) is 7.34. The summed E-state index contributed by atoms with van der Waals surface area (Å²) in [6, 6.07) is 3.08. The number of carbonyl (C=O) groups is 1. The zero-order valence-corrected chi connectivity index (χ0v) is 26.5. The summed E-state index contributed by atoms with van der Waals surface area (Å²) < 4.78 is 12.0. The van der Waals surface area contributed by atoms with Gasteiger partial charge in [-0.25, -0.2) is 9.78 Å². The number of nitrogens with zero attached hydrogens (tertiary/aromatic N) is 5. The van der Waals surface area contributed by atoms with Crippen LogP contribution in [0.15, 0.2) is 10.5 Å². The van der Waals surface area contributed by atoms with Crippen molar-refractivity contribution in [3.63, 3.8) is 0 Å². The van der Waals surface area contributed by atoms with Crippen LogP contribution in [0.3, 0.4) is 0 Å². The lowest BCUT2D eigenvalue weighted by Gasteiger charge is -2.39. The highest BCUT2D eigenvalue weighted by molar-refractivity contribution is 9.10.